The van der Waals surface area contributed by atoms with Crippen molar-refractivity contribution in [2.75, 3.05) is 13.1 Å². The van der Waals surface area contributed by atoms with Gasteiger partial charge in [-0.1, -0.05) is 0 Å². The fourth-order valence-corrected chi connectivity index (χ4v) is 3.13. The summed E-state index contributed by atoms with van der Waals surface area (Å²) in [4.78, 5) is 14.9. The number of thiophene rings is 1. The maximum atomic E-state index is 12.0. The van der Waals surface area contributed by atoms with Gasteiger partial charge in [0.2, 0.25) is 0 Å². The summed E-state index contributed by atoms with van der Waals surface area (Å²) in [5.41, 5.74) is 0.283. The van der Waals surface area contributed by atoms with Crippen molar-refractivity contribution in [3.05, 3.63) is 21.9 Å². The largest absolute Gasteiger partial charge is 0.444 e. The van der Waals surface area contributed by atoms with Gasteiger partial charge in [-0.2, -0.15) is 5.26 Å². The van der Waals surface area contributed by atoms with Crippen molar-refractivity contribution in [2.45, 2.75) is 51.8 Å². The second kappa shape index (κ2) is 7.12. The van der Waals surface area contributed by atoms with Crippen LogP contribution in [0.15, 0.2) is 11.4 Å². The fraction of sp³-hybridized carbons (Fsp3) is 0.625. The number of carbonyl (C=O) groups excluding carboxylic acids is 1. The molecule has 1 saturated heterocycles. The third-order valence-corrected chi connectivity index (χ3v) is 4.43. The standard InChI is InChI=1S/C16H23N3O2S/c1-16(2,3)21-15(20)19-6-4-13(5-7-19)18-10-14-8-12(9-17)11-22-14/h8,11,13,18H,4-7,10H2,1-3H3. The second-order valence-corrected chi connectivity index (χ2v) is 7.53. The van der Waals surface area contributed by atoms with Gasteiger partial charge in [-0.15, -0.1) is 11.3 Å². The van der Waals surface area contributed by atoms with Gasteiger partial charge in [0.15, 0.2) is 0 Å². The Morgan fingerprint density at radius 1 is 1.50 bits per heavy atom. The van der Waals surface area contributed by atoms with Crippen LogP contribution in [0.3, 0.4) is 0 Å². The monoisotopic (exact) mass is 321 g/mol. The maximum Gasteiger partial charge on any atom is 0.410 e. The van der Waals surface area contributed by atoms with Gasteiger partial charge in [-0.05, 0) is 39.7 Å². The summed E-state index contributed by atoms with van der Waals surface area (Å²) in [6.45, 7) is 7.88. The van der Waals surface area contributed by atoms with Crippen LogP contribution in [0.2, 0.25) is 0 Å². The molecule has 0 aromatic carbocycles. The van der Waals surface area contributed by atoms with Crippen LogP contribution in [-0.2, 0) is 11.3 Å². The van der Waals surface area contributed by atoms with Crippen LogP contribution in [0.4, 0.5) is 4.79 Å². The van der Waals surface area contributed by atoms with Gasteiger partial charge in [0, 0.05) is 35.9 Å². The van der Waals surface area contributed by atoms with E-state index in [0.717, 1.165) is 38.0 Å². The van der Waals surface area contributed by atoms with Crippen LogP contribution in [0.1, 0.15) is 44.1 Å². The van der Waals surface area contributed by atoms with E-state index in [4.69, 9.17) is 10.00 Å². The molecule has 5 nitrogen and oxygen atoms in total. The van der Waals surface area contributed by atoms with E-state index in [1.54, 1.807) is 16.2 Å². The summed E-state index contributed by atoms with van der Waals surface area (Å²) in [5.74, 6) is 0. The predicted octanol–water partition coefficient (Wildman–Crippen LogP) is 3.11. The Balaban J connectivity index is 1.73. The van der Waals surface area contributed by atoms with Gasteiger partial charge in [0.1, 0.15) is 11.7 Å². The van der Waals surface area contributed by atoms with E-state index in [0.29, 0.717) is 6.04 Å². The number of hydrogen-bond acceptors (Lipinski definition) is 5. The number of amides is 1. The van der Waals surface area contributed by atoms with Gasteiger partial charge in [-0.3, -0.25) is 0 Å². The van der Waals surface area contributed by atoms with E-state index in [2.05, 4.69) is 11.4 Å². The Labute approximate surface area is 135 Å². The zero-order chi connectivity index (χ0) is 16.2. The lowest BCUT2D eigenvalue weighted by Gasteiger charge is -2.33. The van der Waals surface area contributed by atoms with E-state index < -0.39 is 5.60 Å². The number of hydrogen-bond donors (Lipinski definition) is 1. The number of rotatable bonds is 3. The number of nitrogens with one attached hydrogen (secondary N) is 1. The third kappa shape index (κ3) is 5.00. The lowest BCUT2D eigenvalue weighted by Crippen LogP contribution is -2.46. The minimum Gasteiger partial charge on any atom is -0.444 e. The Bertz CT molecular complexity index is 548. The lowest BCUT2D eigenvalue weighted by molar-refractivity contribution is 0.0198. The molecular weight excluding hydrogens is 298 g/mol. The van der Waals surface area contributed by atoms with Crippen molar-refractivity contribution in [1.82, 2.24) is 10.2 Å². The summed E-state index contributed by atoms with van der Waals surface area (Å²) < 4.78 is 5.39. The fourth-order valence-electron chi connectivity index (χ4n) is 2.37. The highest BCUT2D eigenvalue weighted by molar-refractivity contribution is 7.10. The Hall–Kier alpha value is -1.58. The first kappa shape index (κ1) is 16.8. The number of nitrogens with zero attached hydrogens (tertiary/aromatic N) is 2. The molecule has 0 atom stereocenters. The number of likely N-dealkylation sites (tertiary alicyclic amines) is 1. The van der Waals surface area contributed by atoms with Crippen LogP contribution < -0.4 is 5.32 Å². The average molecular weight is 321 g/mol. The van der Waals surface area contributed by atoms with Crippen molar-refractivity contribution >= 4 is 17.4 Å². The van der Waals surface area contributed by atoms with Crippen molar-refractivity contribution in [3.8, 4) is 6.07 Å². The molecule has 2 heterocycles. The van der Waals surface area contributed by atoms with Gasteiger partial charge < -0.3 is 15.0 Å². The van der Waals surface area contributed by atoms with E-state index in [1.165, 1.54) is 4.88 Å². The topological polar surface area (TPSA) is 65.4 Å². The first-order chi connectivity index (χ1) is 10.4. The highest BCUT2D eigenvalue weighted by Gasteiger charge is 2.26. The highest BCUT2D eigenvalue weighted by Crippen LogP contribution is 2.17. The van der Waals surface area contributed by atoms with Crippen LogP contribution in [0, 0.1) is 11.3 Å². The molecule has 0 spiro atoms. The summed E-state index contributed by atoms with van der Waals surface area (Å²) >= 11 is 1.60. The average Bonchev–Trinajstić information content (AvgIpc) is 2.92. The maximum absolute atomic E-state index is 12.0. The highest BCUT2D eigenvalue weighted by atomic mass is 32.1. The second-order valence-electron chi connectivity index (χ2n) is 6.54. The number of ether oxygens (including phenoxy) is 1. The van der Waals surface area contributed by atoms with E-state index in [9.17, 15) is 4.79 Å². The number of piperidine rings is 1. The zero-order valence-corrected chi connectivity index (χ0v) is 14.2. The van der Waals surface area contributed by atoms with Crippen molar-refractivity contribution < 1.29 is 9.53 Å². The zero-order valence-electron chi connectivity index (χ0n) is 13.4. The smallest absolute Gasteiger partial charge is 0.410 e. The van der Waals surface area contributed by atoms with Gasteiger partial charge in [0.25, 0.3) is 0 Å². The van der Waals surface area contributed by atoms with Crippen LogP contribution in [-0.4, -0.2) is 35.7 Å². The molecule has 22 heavy (non-hydrogen) atoms. The SMILES string of the molecule is CC(C)(C)OC(=O)N1CCC(NCc2cc(C#N)cs2)CC1. The minimum atomic E-state index is -0.441. The van der Waals surface area contributed by atoms with E-state index >= 15 is 0 Å². The molecule has 1 aromatic heterocycles. The van der Waals surface area contributed by atoms with E-state index in [-0.39, 0.29) is 6.09 Å². The Kier molecular flexibility index (Phi) is 5.43. The molecule has 1 amide bonds. The Morgan fingerprint density at radius 3 is 2.73 bits per heavy atom. The molecule has 1 aliphatic heterocycles. The van der Waals surface area contributed by atoms with Crippen molar-refractivity contribution in [2.24, 2.45) is 0 Å². The third-order valence-electron chi connectivity index (χ3n) is 3.49. The van der Waals surface area contributed by atoms with Crippen LogP contribution >= 0.6 is 11.3 Å². The van der Waals surface area contributed by atoms with Crippen LogP contribution in [0.5, 0.6) is 0 Å². The lowest BCUT2D eigenvalue weighted by atomic mass is 10.1. The molecule has 1 N–H and O–H groups in total. The summed E-state index contributed by atoms with van der Waals surface area (Å²) in [6.07, 6.45) is 1.63. The molecule has 0 bridgehead atoms. The predicted molar refractivity (Wildman–Crippen MR) is 86.7 cm³/mol. The molecule has 0 aliphatic carbocycles. The first-order valence-corrected chi connectivity index (χ1v) is 8.44. The van der Waals surface area contributed by atoms with Gasteiger partial charge >= 0.3 is 6.09 Å². The van der Waals surface area contributed by atoms with Crippen molar-refractivity contribution in [3.63, 3.8) is 0 Å². The van der Waals surface area contributed by atoms with Gasteiger partial charge in [0.05, 0.1) is 5.56 Å². The van der Waals surface area contributed by atoms with Crippen LogP contribution in [0.25, 0.3) is 0 Å². The summed E-state index contributed by atoms with van der Waals surface area (Å²) in [7, 11) is 0. The first-order valence-electron chi connectivity index (χ1n) is 7.56. The normalized spacial score (nSPS) is 16.4. The molecule has 0 radical (unpaired) electrons. The number of nitriles is 1. The molecular formula is C16H23N3O2S. The molecule has 6 heteroatoms. The van der Waals surface area contributed by atoms with Crippen molar-refractivity contribution in [1.29, 1.82) is 5.26 Å². The molecule has 120 valence electrons. The molecule has 1 aliphatic rings. The van der Waals surface area contributed by atoms with E-state index in [1.807, 2.05) is 32.2 Å². The summed E-state index contributed by atoms with van der Waals surface area (Å²) in [6, 6.07) is 4.48. The molecule has 0 saturated carbocycles. The quantitative estimate of drug-likeness (QED) is 0.929. The molecule has 1 fully saturated rings. The number of carbonyl (C=O) groups is 1. The molecule has 0 unspecified atom stereocenters. The minimum absolute atomic E-state index is 0.220. The van der Waals surface area contributed by atoms with Gasteiger partial charge in [-0.25, -0.2) is 4.79 Å². The summed E-state index contributed by atoms with van der Waals surface area (Å²) in [5, 5.41) is 14.2. The Morgan fingerprint density at radius 2 is 2.18 bits per heavy atom. The molecule has 1 aromatic rings. The molecule has 2 rings (SSSR count).